The first-order chi connectivity index (χ1) is 5.61. The lowest BCUT2D eigenvalue weighted by atomic mass is 10.2. The molecule has 0 aliphatic carbocycles. The van der Waals surface area contributed by atoms with E-state index in [0.717, 1.165) is 26.1 Å². The van der Waals surface area contributed by atoms with Gasteiger partial charge in [-0.05, 0) is 33.4 Å². The van der Waals surface area contributed by atoms with Crippen molar-refractivity contribution in [1.29, 1.82) is 0 Å². The van der Waals surface area contributed by atoms with E-state index in [1.54, 1.807) is 0 Å². The van der Waals surface area contributed by atoms with Crippen LogP contribution in [0.1, 0.15) is 27.2 Å². The summed E-state index contributed by atoms with van der Waals surface area (Å²) in [4.78, 5) is 2.40. The second-order valence-corrected chi connectivity index (χ2v) is 3.45. The molecule has 0 bridgehead atoms. The number of nitrogens with two attached hydrogens (primary N) is 1. The molecular formula is C10H22N2. The molecule has 0 saturated heterocycles. The molecule has 72 valence electrons. The van der Waals surface area contributed by atoms with E-state index in [4.69, 9.17) is 5.73 Å². The summed E-state index contributed by atoms with van der Waals surface area (Å²) in [7, 11) is 0. The van der Waals surface area contributed by atoms with Crippen LogP contribution >= 0.6 is 0 Å². The molecule has 1 atom stereocenters. The molecule has 0 aromatic carbocycles. The highest BCUT2D eigenvalue weighted by molar-refractivity contribution is 4.92. The highest BCUT2D eigenvalue weighted by atomic mass is 15.1. The summed E-state index contributed by atoms with van der Waals surface area (Å²) in [6, 6.07) is 0.580. The number of rotatable bonds is 6. The Morgan fingerprint density at radius 3 is 2.50 bits per heavy atom. The molecule has 1 unspecified atom stereocenters. The molecule has 0 heterocycles. The van der Waals surface area contributed by atoms with E-state index < -0.39 is 0 Å². The Labute approximate surface area is 76.4 Å². The predicted octanol–water partition coefficient (Wildman–Crippen LogP) is 1.62. The summed E-state index contributed by atoms with van der Waals surface area (Å²) in [5.74, 6) is 0. The van der Waals surface area contributed by atoms with Gasteiger partial charge in [0, 0.05) is 12.6 Å². The molecule has 0 amide bonds. The average molecular weight is 170 g/mol. The van der Waals surface area contributed by atoms with Crippen molar-refractivity contribution in [3.63, 3.8) is 0 Å². The Hall–Kier alpha value is -0.340. The highest BCUT2D eigenvalue weighted by Gasteiger charge is 2.09. The van der Waals surface area contributed by atoms with Crippen LogP contribution < -0.4 is 5.73 Å². The first-order valence-corrected chi connectivity index (χ1v) is 4.70. The first-order valence-electron chi connectivity index (χ1n) is 4.70. The highest BCUT2D eigenvalue weighted by Crippen LogP contribution is 2.04. The fourth-order valence-electron chi connectivity index (χ4n) is 1.35. The Kier molecular flexibility index (Phi) is 6.03. The van der Waals surface area contributed by atoms with Gasteiger partial charge in [0.1, 0.15) is 0 Å². The lowest BCUT2D eigenvalue weighted by Gasteiger charge is -2.27. The number of hydrogen-bond acceptors (Lipinski definition) is 2. The van der Waals surface area contributed by atoms with Crippen LogP contribution in [0.3, 0.4) is 0 Å². The van der Waals surface area contributed by atoms with Crippen molar-refractivity contribution in [3.8, 4) is 0 Å². The molecule has 0 rings (SSSR count). The maximum absolute atomic E-state index is 5.50. The van der Waals surface area contributed by atoms with E-state index in [2.05, 4.69) is 32.3 Å². The summed E-state index contributed by atoms with van der Waals surface area (Å²) in [5.41, 5.74) is 6.73. The maximum atomic E-state index is 5.50. The van der Waals surface area contributed by atoms with Crippen molar-refractivity contribution in [3.05, 3.63) is 12.2 Å². The van der Waals surface area contributed by atoms with Crippen molar-refractivity contribution in [2.24, 2.45) is 5.73 Å². The van der Waals surface area contributed by atoms with Crippen LogP contribution in [0.25, 0.3) is 0 Å². The Balaban J connectivity index is 3.86. The number of likely N-dealkylation sites (N-methyl/N-ethyl adjacent to an activating group) is 1. The second-order valence-electron chi connectivity index (χ2n) is 3.45. The lowest BCUT2D eigenvalue weighted by molar-refractivity contribution is 0.230. The standard InChI is InChI=1S/C10H22N2/c1-5-12(8-9(2)3)10(4)6-7-11/h10H,2,5-8,11H2,1,3-4H3. The monoisotopic (exact) mass is 170 g/mol. The van der Waals surface area contributed by atoms with Gasteiger partial charge in [-0.2, -0.15) is 0 Å². The minimum Gasteiger partial charge on any atom is -0.330 e. The molecule has 0 aromatic rings. The summed E-state index contributed by atoms with van der Waals surface area (Å²) in [6.45, 7) is 13.2. The van der Waals surface area contributed by atoms with E-state index in [1.165, 1.54) is 5.57 Å². The van der Waals surface area contributed by atoms with Gasteiger partial charge >= 0.3 is 0 Å². The van der Waals surface area contributed by atoms with Crippen molar-refractivity contribution >= 4 is 0 Å². The zero-order valence-electron chi connectivity index (χ0n) is 8.64. The quantitative estimate of drug-likeness (QED) is 0.614. The van der Waals surface area contributed by atoms with Gasteiger partial charge in [-0.1, -0.05) is 19.1 Å². The van der Waals surface area contributed by atoms with Gasteiger partial charge in [0.2, 0.25) is 0 Å². The van der Waals surface area contributed by atoms with Crippen molar-refractivity contribution in [2.45, 2.75) is 33.2 Å². The van der Waals surface area contributed by atoms with Crippen LogP contribution in [0, 0.1) is 0 Å². The van der Waals surface area contributed by atoms with Gasteiger partial charge in [-0.3, -0.25) is 4.90 Å². The fraction of sp³-hybridized carbons (Fsp3) is 0.800. The number of hydrogen-bond donors (Lipinski definition) is 1. The smallest absolute Gasteiger partial charge is 0.0190 e. The predicted molar refractivity (Wildman–Crippen MR) is 55.2 cm³/mol. The van der Waals surface area contributed by atoms with Gasteiger partial charge in [-0.15, -0.1) is 0 Å². The zero-order valence-corrected chi connectivity index (χ0v) is 8.64. The molecule has 0 aromatic heterocycles. The van der Waals surface area contributed by atoms with Crippen molar-refractivity contribution in [1.82, 2.24) is 4.90 Å². The van der Waals surface area contributed by atoms with Crippen LogP contribution in [0.15, 0.2) is 12.2 Å². The van der Waals surface area contributed by atoms with E-state index >= 15 is 0 Å². The summed E-state index contributed by atoms with van der Waals surface area (Å²) < 4.78 is 0. The number of nitrogens with zero attached hydrogens (tertiary/aromatic N) is 1. The SMILES string of the molecule is C=C(C)CN(CC)C(C)CCN. The maximum Gasteiger partial charge on any atom is 0.0190 e. The van der Waals surface area contributed by atoms with Crippen LogP contribution in [-0.2, 0) is 0 Å². The molecule has 2 N–H and O–H groups in total. The summed E-state index contributed by atoms with van der Waals surface area (Å²) >= 11 is 0. The van der Waals surface area contributed by atoms with Gasteiger partial charge < -0.3 is 5.73 Å². The minimum absolute atomic E-state index is 0.580. The van der Waals surface area contributed by atoms with Crippen LogP contribution in [0.2, 0.25) is 0 Å². The molecular weight excluding hydrogens is 148 g/mol. The largest absolute Gasteiger partial charge is 0.330 e. The Bertz CT molecular complexity index is 132. The fourth-order valence-corrected chi connectivity index (χ4v) is 1.35. The normalized spacial score (nSPS) is 13.4. The van der Waals surface area contributed by atoms with Crippen LogP contribution in [0.4, 0.5) is 0 Å². The van der Waals surface area contributed by atoms with E-state index in [9.17, 15) is 0 Å². The van der Waals surface area contributed by atoms with E-state index in [-0.39, 0.29) is 0 Å². The Morgan fingerprint density at radius 2 is 2.17 bits per heavy atom. The minimum atomic E-state index is 0.580. The molecule has 0 fully saturated rings. The van der Waals surface area contributed by atoms with Gasteiger partial charge in [-0.25, -0.2) is 0 Å². The molecule has 2 nitrogen and oxygen atoms in total. The van der Waals surface area contributed by atoms with Crippen molar-refractivity contribution < 1.29 is 0 Å². The van der Waals surface area contributed by atoms with Gasteiger partial charge in [0.15, 0.2) is 0 Å². The van der Waals surface area contributed by atoms with Crippen LogP contribution in [0.5, 0.6) is 0 Å². The molecule has 12 heavy (non-hydrogen) atoms. The van der Waals surface area contributed by atoms with Gasteiger partial charge in [0.05, 0.1) is 0 Å². The molecule has 0 aliphatic heterocycles. The average Bonchev–Trinajstić information content (AvgIpc) is 2.00. The molecule has 0 radical (unpaired) electrons. The topological polar surface area (TPSA) is 29.3 Å². The summed E-state index contributed by atoms with van der Waals surface area (Å²) in [5, 5.41) is 0. The molecule has 0 aliphatic rings. The molecule has 2 heteroatoms. The third-order valence-electron chi connectivity index (χ3n) is 2.09. The third kappa shape index (κ3) is 4.52. The lowest BCUT2D eigenvalue weighted by Crippen LogP contribution is -2.35. The summed E-state index contributed by atoms with van der Waals surface area (Å²) in [6.07, 6.45) is 1.07. The Morgan fingerprint density at radius 1 is 1.58 bits per heavy atom. The van der Waals surface area contributed by atoms with E-state index in [1.807, 2.05) is 0 Å². The van der Waals surface area contributed by atoms with Crippen molar-refractivity contribution in [2.75, 3.05) is 19.6 Å². The zero-order chi connectivity index (χ0) is 9.56. The van der Waals surface area contributed by atoms with E-state index in [0.29, 0.717) is 6.04 Å². The molecule has 0 saturated carbocycles. The third-order valence-corrected chi connectivity index (χ3v) is 2.09. The second kappa shape index (κ2) is 6.21. The van der Waals surface area contributed by atoms with Crippen LogP contribution in [-0.4, -0.2) is 30.6 Å². The first kappa shape index (κ1) is 11.7. The molecule has 0 spiro atoms. The van der Waals surface area contributed by atoms with Gasteiger partial charge in [0.25, 0.3) is 0 Å².